The molecular weight excluding hydrogens is 456 g/mol. The van der Waals surface area contributed by atoms with Crippen molar-refractivity contribution in [1.29, 1.82) is 0 Å². The molecule has 0 N–H and O–H groups in total. The van der Waals surface area contributed by atoms with Gasteiger partial charge in [0.05, 0.1) is 9.49 Å². The maximum absolute atomic E-state index is 14.6. The Morgan fingerprint density at radius 3 is 1.17 bits per heavy atom. The number of fused-ring (bicyclic) bond motifs is 5. The van der Waals surface area contributed by atoms with Crippen molar-refractivity contribution in [1.82, 2.24) is 0 Å². The Morgan fingerprint density at radius 1 is 0.611 bits per heavy atom. The molecule has 1 nitrogen and oxygen atoms in total. The van der Waals surface area contributed by atoms with E-state index in [4.69, 9.17) is 0 Å². The van der Waals surface area contributed by atoms with Crippen LogP contribution in [0.3, 0.4) is 0 Å². The quantitative estimate of drug-likeness (QED) is 0.387. The highest BCUT2D eigenvalue weighted by Crippen LogP contribution is 2.89. The Kier molecular flexibility index (Phi) is 4.96. The largest absolute Gasteiger partial charge is 0.258 e. The van der Waals surface area contributed by atoms with Gasteiger partial charge < -0.3 is 0 Å². The van der Waals surface area contributed by atoms with Gasteiger partial charge in [0, 0.05) is 10.8 Å². The molecule has 192 valence electrons. The van der Waals surface area contributed by atoms with Crippen LogP contribution in [0, 0.1) is 10.8 Å². The van der Waals surface area contributed by atoms with E-state index in [1.165, 1.54) is 59.1 Å². The lowest BCUT2D eigenvalue weighted by molar-refractivity contribution is 0.207. The molecule has 1 unspecified atom stereocenters. The van der Waals surface area contributed by atoms with Crippen LogP contribution in [0.1, 0.15) is 103 Å². The Balaban J connectivity index is 1.44. The number of rotatable bonds is 4. The number of hydrogen-bond acceptors (Lipinski definition) is 1. The van der Waals surface area contributed by atoms with E-state index in [1.807, 2.05) is 0 Å². The predicted molar refractivity (Wildman–Crippen MR) is 153 cm³/mol. The van der Waals surface area contributed by atoms with Gasteiger partial charge >= 0.3 is 0 Å². The van der Waals surface area contributed by atoms with Gasteiger partial charge in [-0.1, -0.05) is 90.1 Å². The first-order valence-electron chi connectivity index (χ1n) is 14.0. The van der Waals surface area contributed by atoms with Crippen LogP contribution >= 0.6 is 0 Å². The first-order valence-corrected chi connectivity index (χ1v) is 15.2. The Bertz CT molecular complexity index is 1170. The van der Waals surface area contributed by atoms with Gasteiger partial charge in [-0.05, 0) is 107 Å². The minimum absolute atomic E-state index is 0.159. The van der Waals surface area contributed by atoms with Crippen molar-refractivity contribution in [3.8, 4) is 0 Å². The van der Waals surface area contributed by atoms with Gasteiger partial charge in [-0.3, -0.25) is 4.21 Å². The van der Waals surface area contributed by atoms with Gasteiger partial charge in [-0.25, -0.2) is 0 Å². The van der Waals surface area contributed by atoms with E-state index < -0.39 is 10.8 Å². The first-order chi connectivity index (χ1) is 16.7. The summed E-state index contributed by atoms with van der Waals surface area (Å²) in [6.07, 6.45) is 6.95. The molecule has 0 amide bonds. The first kappa shape index (κ1) is 24.7. The van der Waals surface area contributed by atoms with Crippen LogP contribution in [0.25, 0.3) is 0 Å². The highest BCUT2D eigenvalue weighted by molar-refractivity contribution is 7.89. The van der Waals surface area contributed by atoms with Crippen molar-refractivity contribution in [2.45, 2.75) is 114 Å². The van der Waals surface area contributed by atoms with Gasteiger partial charge in [0.25, 0.3) is 0 Å². The van der Waals surface area contributed by atoms with Crippen LogP contribution in [0.4, 0.5) is 0 Å². The molecular formula is C34H44OS. The normalized spacial score (nSPS) is 31.5. The van der Waals surface area contributed by atoms with E-state index in [9.17, 15) is 4.21 Å². The van der Waals surface area contributed by atoms with Crippen LogP contribution in [0.15, 0.2) is 59.7 Å². The zero-order valence-corrected chi connectivity index (χ0v) is 24.5. The molecule has 2 saturated carbocycles. The lowest BCUT2D eigenvalue weighted by Gasteiger charge is -2.43. The Hall–Kier alpha value is -1.67. The molecule has 0 radical (unpaired) electrons. The second kappa shape index (κ2) is 7.25. The summed E-state index contributed by atoms with van der Waals surface area (Å²) in [7, 11) is -0.865. The van der Waals surface area contributed by atoms with E-state index in [1.54, 1.807) is 0 Å². The van der Waals surface area contributed by atoms with Crippen LogP contribution < -0.4 is 0 Å². The summed E-state index contributed by atoms with van der Waals surface area (Å²) in [6, 6.07) is 18.6. The van der Waals surface area contributed by atoms with Crippen molar-refractivity contribution in [3.63, 3.8) is 0 Å². The summed E-state index contributed by atoms with van der Waals surface area (Å²) in [5.41, 5.74) is 9.40. The lowest BCUT2D eigenvalue weighted by atomic mass is 9.58. The van der Waals surface area contributed by atoms with Gasteiger partial charge in [0.2, 0.25) is 0 Å². The monoisotopic (exact) mass is 500 g/mol. The summed E-state index contributed by atoms with van der Waals surface area (Å²) in [5.74, 6) is 0. The topological polar surface area (TPSA) is 17.1 Å². The van der Waals surface area contributed by atoms with E-state index in [2.05, 4.69) is 104 Å². The van der Waals surface area contributed by atoms with Crippen molar-refractivity contribution in [2.24, 2.45) is 10.8 Å². The van der Waals surface area contributed by atoms with Gasteiger partial charge in [-0.15, -0.1) is 0 Å². The average Bonchev–Trinajstić information content (AvgIpc) is 3.71. The molecule has 3 atom stereocenters. The summed E-state index contributed by atoms with van der Waals surface area (Å²) < 4.78 is 14.2. The predicted octanol–water partition coefficient (Wildman–Crippen LogP) is 8.22. The molecule has 3 fully saturated rings. The van der Waals surface area contributed by atoms with Crippen molar-refractivity contribution in [3.05, 3.63) is 81.9 Å². The molecule has 2 spiro atoms. The molecule has 2 aromatic carbocycles. The lowest BCUT2D eigenvalue weighted by Crippen LogP contribution is -2.45. The minimum atomic E-state index is -0.865. The highest BCUT2D eigenvalue weighted by Gasteiger charge is 2.89. The molecule has 6 rings (SSSR count). The molecule has 2 bridgehead atoms. The fraction of sp³-hybridized carbons (Fsp3) is 0.588. The summed E-state index contributed by atoms with van der Waals surface area (Å²) >= 11 is 0. The third-order valence-electron chi connectivity index (χ3n) is 10.9. The third-order valence-corrected chi connectivity index (χ3v) is 13.7. The Morgan fingerprint density at radius 2 is 0.917 bits per heavy atom. The zero-order valence-electron chi connectivity index (χ0n) is 23.7. The van der Waals surface area contributed by atoms with Crippen molar-refractivity contribution in [2.75, 3.05) is 0 Å². The van der Waals surface area contributed by atoms with E-state index in [-0.39, 0.29) is 31.2 Å². The molecule has 0 aromatic heterocycles. The van der Waals surface area contributed by atoms with Gasteiger partial charge in [0.15, 0.2) is 0 Å². The molecule has 1 saturated heterocycles. The molecule has 2 heterocycles. The third kappa shape index (κ3) is 2.97. The number of benzene rings is 2. The SMILES string of the molecule is CC(C)(C)c1ccc(CC2=C(Cc3ccc(C(C)(C)C)cc3)[C@]3(C)S(=O)[C@@]2(C)C2(CC2)C32CC2)cc1. The summed E-state index contributed by atoms with van der Waals surface area (Å²) in [6.45, 7) is 18.5. The second-order valence-corrected chi connectivity index (χ2v) is 16.9. The second-order valence-electron chi connectivity index (χ2n) is 14.7. The van der Waals surface area contributed by atoms with Crippen LogP contribution in [0.5, 0.6) is 0 Å². The van der Waals surface area contributed by atoms with Gasteiger partial charge in [0.1, 0.15) is 0 Å². The molecule has 2 aliphatic heterocycles. The molecule has 36 heavy (non-hydrogen) atoms. The smallest absolute Gasteiger partial charge is 0.0716 e. The standard InChI is InChI=1S/C34H44OS/c1-29(2,3)25-13-9-23(10-14-25)21-27-28(22-24-11-15-26(16-12-24)30(4,5)6)32(8)34(19-20-34)33(17-18-33)31(27,7)36(32)35/h9-16H,17-22H2,1-8H3/t31-,32+,36?. The molecule has 4 aliphatic rings. The van der Waals surface area contributed by atoms with Crippen LogP contribution in [-0.2, 0) is 34.5 Å². The molecule has 2 heteroatoms. The van der Waals surface area contributed by atoms with Crippen molar-refractivity contribution < 1.29 is 4.21 Å². The maximum atomic E-state index is 14.6. The van der Waals surface area contributed by atoms with E-state index in [0.717, 1.165) is 12.8 Å². The maximum Gasteiger partial charge on any atom is 0.0716 e. The summed E-state index contributed by atoms with van der Waals surface area (Å²) in [4.78, 5) is 0. The van der Waals surface area contributed by atoms with Crippen LogP contribution in [0.2, 0.25) is 0 Å². The molecule has 2 aromatic rings. The Labute approximate surface area is 221 Å². The average molecular weight is 501 g/mol. The molecule has 2 aliphatic carbocycles. The van der Waals surface area contributed by atoms with E-state index >= 15 is 0 Å². The van der Waals surface area contributed by atoms with E-state index in [0.29, 0.717) is 0 Å². The fourth-order valence-corrected chi connectivity index (χ4v) is 11.6. The summed E-state index contributed by atoms with van der Waals surface area (Å²) in [5, 5.41) is 0. The highest BCUT2D eigenvalue weighted by atomic mass is 32.2. The van der Waals surface area contributed by atoms with Gasteiger partial charge in [-0.2, -0.15) is 0 Å². The number of hydrogen-bond donors (Lipinski definition) is 0. The minimum Gasteiger partial charge on any atom is -0.258 e. The fourth-order valence-electron chi connectivity index (χ4n) is 8.42. The van der Waals surface area contributed by atoms with Crippen molar-refractivity contribution >= 4 is 10.8 Å². The van der Waals surface area contributed by atoms with Crippen LogP contribution in [-0.4, -0.2) is 13.7 Å². The zero-order chi connectivity index (χ0) is 25.9.